The van der Waals surface area contributed by atoms with Crippen LogP contribution in [0.3, 0.4) is 0 Å². The van der Waals surface area contributed by atoms with Crippen molar-refractivity contribution in [3.05, 3.63) is 114 Å². The van der Waals surface area contributed by atoms with Gasteiger partial charge in [-0.25, -0.2) is 12.1 Å². The van der Waals surface area contributed by atoms with Gasteiger partial charge in [0.15, 0.2) is 0 Å². The molecule has 0 nitrogen and oxygen atoms in total. The summed E-state index contributed by atoms with van der Waals surface area (Å²) >= 11 is 0. The smallest absolute Gasteiger partial charge is 0.213 e. The van der Waals surface area contributed by atoms with Crippen LogP contribution in [0.5, 0.6) is 0 Å². The normalized spacial score (nSPS) is 9.50. The second-order valence-corrected chi connectivity index (χ2v) is 10.1. The van der Waals surface area contributed by atoms with Crippen LogP contribution in [-0.4, -0.2) is 0 Å². The molecule has 0 N–H and O–H groups in total. The summed E-state index contributed by atoms with van der Waals surface area (Å²) in [6.45, 7) is 30.4. The number of hydrogen-bond acceptors (Lipinski definition) is 0. The molecule has 0 amide bonds. The van der Waals surface area contributed by atoms with E-state index in [1.165, 1.54) is 77.9 Å². The van der Waals surface area contributed by atoms with Gasteiger partial charge >= 0.3 is 34.1 Å². The maximum atomic E-state index is 2.24. The van der Waals surface area contributed by atoms with Crippen LogP contribution in [0.2, 0.25) is 0 Å². The van der Waals surface area contributed by atoms with Gasteiger partial charge in [-0.3, -0.25) is 0 Å². The molecule has 36 heavy (non-hydrogen) atoms. The molecule has 0 aliphatic rings. The average molecular weight is 568 g/mol. The van der Waals surface area contributed by atoms with Crippen LogP contribution in [0.25, 0.3) is 0 Å². The third-order valence-corrected chi connectivity index (χ3v) is 8.00. The molecular weight excluding hydrogens is 520 g/mol. The monoisotopic (exact) mass is 568 g/mol. The third kappa shape index (κ3) is 9.72. The van der Waals surface area contributed by atoms with Crippen LogP contribution in [0.4, 0.5) is 0 Å². The maximum absolute atomic E-state index is 2.24. The zero-order valence-corrected chi connectivity index (χ0v) is 27.4. The van der Waals surface area contributed by atoms with E-state index in [1.54, 1.807) is 0 Å². The molecule has 4 aromatic carbocycles. The predicted octanol–water partition coefficient (Wildman–Crippen LogP) is 9.93. The van der Waals surface area contributed by atoms with Crippen molar-refractivity contribution in [1.82, 2.24) is 0 Å². The molecule has 0 saturated carbocycles. The van der Waals surface area contributed by atoms with E-state index in [2.05, 4.69) is 121 Å². The molecule has 0 bridgehead atoms. The van der Waals surface area contributed by atoms with Crippen LogP contribution in [-0.2, 0) is 34.1 Å². The molecule has 0 spiro atoms. The maximum Gasteiger partial charge on any atom is 2.00 e. The summed E-state index contributed by atoms with van der Waals surface area (Å²) in [5.74, 6) is 0. The van der Waals surface area contributed by atoms with Gasteiger partial charge in [-0.15, -0.1) is 0 Å². The molecule has 0 aliphatic carbocycles. The molecule has 0 aromatic heterocycles. The Morgan fingerprint density at radius 2 is 0.694 bits per heavy atom. The molecule has 0 atom stereocenters. The predicted molar refractivity (Wildman–Crippen MR) is 154 cm³/mol. The summed E-state index contributed by atoms with van der Waals surface area (Å²) in [6.07, 6.45) is 0. The van der Waals surface area contributed by atoms with Crippen LogP contribution >= 0.6 is 0 Å². The van der Waals surface area contributed by atoms with E-state index in [0.717, 1.165) is 0 Å². The van der Waals surface area contributed by atoms with Crippen molar-refractivity contribution in [2.45, 2.75) is 96.9 Å². The molecule has 0 fully saturated rings. The van der Waals surface area contributed by atoms with Crippen LogP contribution < -0.4 is 0 Å². The summed E-state index contributed by atoms with van der Waals surface area (Å²) in [7, 11) is 0. The van der Waals surface area contributed by atoms with Crippen LogP contribution in [0, 0.1) is 96.9 Å². The van der Waals surface area contributed by atoms with Crippen LogP contribution in [0.15, 0.2) is 36.4 Å². The molecule has 4 rings (SSSR count). The van der Waals surface area contributed by atoms with Gasteiger partial charge < -0.3 is 0 Å². The fourth-order valence-electron chi connectivity index (χ4n) is 4.14. The van der Waals surface area contributed by atoms with Crippen molar-refractivity contribution in [2.75, 3.05) is 0 Å². The Morgan fingerprint density at radius 3 is 0.778 bits per heavy atom. The first kappa shape index (κ1) is 36.6. The molecule has 2 heteroatoms. The molecule has 200 valence electrons. The summed E-state index contributed by atoms with van der Waals surface area (Å²) in [4.78, 5) is 0. The van der Waals surface area contributed by atoms with Gasteiger partial charge in [0.1, 0.15) is 0 Å². The Labute approximate surface area is 244 Å². The summed E-state index contributed by atoms with van der Waals surface area (Å²) in [6, 6.07) is 12.7. The van der Waals surface area contributed by atoms with Crippen molar-refractivity contribution in [2.24, 2.45) is 0 Å². The Balaban J connectivity index is 0. The summed E-state index contributed by atoms with van der Waals surface area (Å²) in [5.41, 5.74) is 20.2. The van der Waals surface area contributed by atoms with Gasteiger partial charge in [0.2, 0.25) is 0 Å². The summed E-state index contributed by atoms with van der Waals surface area (Å²) < 4.78 is 0. The van der Waals surface area contributed by atoms with Crippen molar-refractivity contribution in [1.29, 1.82) is 0 Å². The molecule has 4 aromatic rings. The van der Waals surface area contributed by atoms with E-state index in [9.17, 15) is 0 Å². The van der Waals surface area contributed by atoms with Gasteiger partial charge in [0.05, 0.1) is 0 Å². The van der Waals surface area contributed by atoms with E-state index in [4.69, 9.17) is 0 Å². The zero-order valence-electron chi connectivity index (χ0n) is 25.2. The van der Waals surface area contributed by atoms with Crippen LogP contribution in [0.1, 0.15) is 77.9 Å². The standard InChI is InChI=1S/C10H15.2C9H13.C6H7.2Fe/c1-6-7(2)9(4)10(5)8(6)3;2*1-6-5-7(2)9(4)8(6)3;1-6-4-2-3-5-6;;/h1-5H3;2*5H,1-4H3;2-5H,1H3;;/q4*-1;2*+2. The van der Waals surface area contributed by atoms with E-state index < -0.39 is 0 Å². The largest absolute Gasteiger partial charge is 2.00 e. The first-order valence-electron chi connectivity index (χ1n) is 12.5. The van der Waals surface area contributed by atoms with Gasteiger partial charge in [-0.05, 0) is 0 Å². The van der Waals surface area contributed by atoms with E-state index in [1.807, 2.05) is 12.1 Å². The minimum absolute atomic E-state index is 0. The fourth-order valence-corrected chi connectivity index (χ4v) is 4.14. The van der Waals surface area contributed by atoms with Crippen molar-refractivity contribution in [3.63, 3.8) is 0 Å². The first-order valence-corrected chi connectivity index (χ1v) is 12.5. The van der Waals surface area contributed by atoms with Gasteiger partial charge in [-0.1, -0.05) is 96.9 Å². The minimum atomic E-state index is 0. The van der Waals surface area contributed by atoms with E-state index in [0.29, 0.717) is 0 Å². The van der Waals surface area contributed by atoms with E-state index >= 15 is 0 Å². The molecule has 0 unspecified atom stereocenters. The SMILES string of the molecule is C[c-]1cccc1.Cc1[cH-]c(C)c(C)c1C.Cc1[cH-]c(C)c(C)c1C.Cc1c(C)c(C)[c-](C)c1C.[Fe+2].[Fe+2]. The van der Waals surface area contributed by atoms with Crippen molar-refractivity contribution in [3.8, 4) is 0 Å². The Bertz CT molecular complexity index is 996. The molecule has 0 aliphatic heterocycles. The van der Waals surface area contributed by atoms with Crippen molar-refractivity contribution >= 4 is 0 Å². The molecule has 0 heterocycles. The number of rotatable bonds is 0. The molecule has 0 saturated heterocycles. The molecular formula is C34H48Fe2. The molecule has 0 radical (unpaired) electrons. The van der Waals surface area contributed by atoms with Gasteiger partial charge in [0, 0.05) is 0 Å². The fraction of sp³-hybridized carbons (Fsp3) is 0.412. The van der Waals surface area contributed by atoms with E-state index in [-0.39, 0.29) is 34.1 Å². The quantitative estimate of drug-likeness (QED) is 0.146. The second kappa shape index (κ2) is 16.3. The Hall–Kier alpha value is -1.56. The van der Waals surface area contributed by atoms with Gasteiger partial charge in [0.25, 0.3) is 0 Å². The number of aryl methyl sites for hydroxylation is 5. The first-order chi connectivity index (χ1) is 15.7. The zero-order chi connectivity index (χ0) is 26.3. The Morgan fingerprint density at radius 1 is 0.444 bits per heavy atom. The minimum Gasteiger partial charge on any atom is -0.213 e. The average Bonchev–Trinajstić information content (AvgIpc) is 3.47. The number of hydrogen-bond donors (Lipinski definition) is 0. The summed E-state index contributed by atoms with van der Waals surface area (Å²) in [5, 5.41) is 0. The Kier molecular flexibility index (Phi) is 16.6. The third-order valence-electron chi connectivity index (χ3n) is 8.00. The van der Waals surface area contributed by atoms with Crippen molar-refractivity contribution < 1.29 is 34.1 Å². The topological polar surface area (TPSA) is 0 Å². The second-order valence-electron chi connectivity index (χ2n) is 10.1. The van der Waals surface area contributed by atoms with Gasteiger partial charge in [-0.2, -0.15) is 102 Å².